The minimum atomic E-state index is -2.29. The molecule has 1 aromatic rings. The number of carbonyl (C=O) groups is 1. The third-order valence-corrected chi connectivity index (χ3v) is 2.94. The van der Waals surface area contributed by atoms with Gasteiger partial charge >= 0.3 is 0 Å². The van der Waals surface area contributed by atoms with Gasteiger partial charge in [0.05, 0.1) is 0 Å². The van der Waals surface area contributed by atoms with Gasteiger partial charge in [0, 0.05) is 30.9 Å². The van der Waals surface area contributed by atoms with Crippen LogP contribution < -0.4 is 10.6 Å². The van der Waals surface area contributed by atoms with Gasteiger partial charge in [-0.25, -0.2) is 8.78 Å². The predicted octanol–water partition coefficient (Wildman–Crippen LogP) is 1.27. The molecule has 2 heterocycles. The van der Waals surface area contributed by atoms with Crippen LogP contribution in [0.2, 0.25) is 0 Å². The van der Waals surface area contributed by atoms with Crippen molar-refractivity contribution in [3.8, 4) is 0 Å². The van der Waals surface area contributed by atoms with Crippen LogP contribution in [0.15, 0.2) is 18.3 Å². The molecular formula is C11H13F2N3O. The van der Waals surface area contributed by atoms with Crippen LogP contribution in [0.4, 0.5) is 14.5 Å². The standard InChI is InChI=1S/C11H13F2N3O/c12-10(13)7-2-4-16(6-7)8-1-3-15-9(5-8)11(14)17/h1,3,5,7,10H,2,4,6H2,(H2,14,17). The summed E-state index contributed by atoms with van der Waals surface area (Å²) < 4.78 is 25.0. The topological polar surface area (TPSA) is 59.2 Å². The van der Waals surface area contributed by atoms with E-state index in [-0.39, 0.29) is 5.69 Å². The number of nitrogens with zero attached hydrogens (tertiary/aromatic N) is 2. The molecule has 4 nitrogen and oxygen atoms in total. The molecule has 0 spiro atoms. The Morgan fingerprint density at radius 3 is 2.94 bits per heavy atom. The summed E-state index contributed by atoms with van der Waals surface area (Å²) in [4.78, 5) is 16.6. The fourth-order valence-electron chi connectivity index (χ4n) is 1.98. The van der Waals surface area contributed by atoms with Crippen molar-refractivity contribution in [3.05, 3.63) is 24.0 Å². The largest absolute Gasteiger partial charge is 0.371 e. The fourth-order valence-corrected chi connectivity index (χ4v) is 1.98. The smallest absolute Gasteiger partial charge is 0.267 e. The number of pyridine rings is 1. The highest BCUT2D eigenvalue weighted by Gasteiger charge is 2.29. The van der Waals surface area contributed by atoms with Crippen LogP contribution in [0.1, 0.15) is 16.9 Å². The van der Waals surface area contributed by atoms with Crippen molar-refractivity contribution in [1.82, 2.24) is 4.98 Å². The van der Waals surface area contributed by atoms with Crippen LogP contribution in [0.5, 0.6) is 0 Å². The zero-order valence-electron chi connectivity index (χ0n) is 9.14. The molecule has 1 fully saturated rings. The molecule has 1 unspecified atom stereocenters. The monoisotopic (exact) mass is 241 g/mol. The molecule has 1 amide bonds. The Balaban J connectivity index is 2.13. The third kappa shape index (κ3) is 2.51. The van der Waals surface area contributed by atoms with E-state index in [2.05, 4.69) is 4.98 Å². The molecular weight excluding hydrogens is 228 g/mol. The number of hydrogen-bond acceptors (Lipinski definition) is 3. The number of alkyl halides is 2. The van der Waals surface area contributed by atoms with Crippen molar-refractivity contribution in [2.45, 2.75) is 12.8 Å². The summed E-state index contributed by atoms with van der Waals surface area (Å²) in [6.07, 6.45) is -0.366. The lowest BCUT2D eigenvalue weighted by Gasteiger charge is -2.18. The first kappa shape index (κ1) is 11.8. The highest BCUT2D eigenvalue weighted by atomic mass is 19.3. The zero-order valence-corrected chi connectivity index (χ0v) is 9.14. The van der Waals surface area contributed by atoms with E-state index in [0.29, 0.717) is 19.5 Å². The van der Waals surface area contributed by atoms with Gasteiger partial charge in [0.2, 0.25) is 6.43 Å². The van der Waals surface area contributed by atoms with Crippen molar-refractivity contribution in [1.29, 1.82) is 0 Å². The number of carbonyl (C=O) groups excluding carboxylic acids is 1. The molecule has 1 aliphatic heterocycles. The first-order valence-corrected chi connectivity index (χ1v) is 5.37. The molecule has 1 atom stereocenters. The Kier molecular flexibility index (Phi) is 3.21. The summed E-state index contributed by atoms with van der Waals surface area (Å²) in [5.41, 5.74) is 5.99. The maximum Gasteiger partial charge on any atom is 0.267 e. The molecule has 0 aliphatic carbocycles. The minimum Gasteiger partial charge on any atom is -0.371 e. The van der Waals surface area contributed by atoms with E-state index in [1.54, 1.807) is 6.07 Å². The number of hydrogen-bond donors (Lipinski definition) is 1. The Bertz CT molecular complexity index is 425. The number of anilines is 1. The lowest BCUT2D eigenvalue weighted by Crippen LogP contribution is -2.23. The SMILES string of the molecule is NC(=O)c1cc(N2CCC(C(F)F)C2)ccn1. The molecule has 1 aliphatic rings. The van der Waals surface area contributed by atoms with Crippen LogP contribution in [-0.2, 0) is 0 Å². The van der Waals surface area contributed by atoms with E-state index >= 15 is 0 Å². The molecule has 92 valence electrons. The Hall–Kier alpha value is -1.72. The van der Waals surface area contributed by atoms with Gasteiger partial charge in [-0.3, -0.25) is 9.78 Å². The zero-order chi connectivity index (χ0) is 12.4. The molecule has 0 saturated carbocycles. The lowest BCUT2D eigenvalue weighted by molar-refractivity contribution is 0.0879. The molecule has 0 aromatic carbocycles. The summed E-state index contributed by atoms with van der Waals surface area (Å²) in [6, 6.07) is 3.23. The molecule has 1 saturated heterocycles. The maximum atomic E-state index is 12.5. The van der Waals surface area contributed by atoms with E-state index in [0.717, 1.165) is 5.69 Å². The Labute approximate surface area is 97.4 Å². The second-order valence-electron chi connectivity index (χ2n) is 4.09. The van der Waals surface area contributed by atoms with Crippen molar-refractivity contribution < 1.29 is 13.6 Å². The van der Waals surface area contributed by atoms with E-state index in [9.17, 15) is 13.6 Å². The second kappa shape index (κ2) is 4.65. The summed E-state index contributed by atoms with van der Waals surface area (Å²) in [5.74, 6) is -1.21. The minimum absolute atomic E-state index is 0.156. The number of halogens is 2. The number of nitrogens with two attached hydrogens (primary N) is 1. The lowest BCUT2D eigenvalue weighted by atomic mass is 10.1. The van der Waals surface area contributed by atoms with Crippen molar-refractivity contribution >= 4 is 11.6 Å². The van der Waals surface area contributed by atoms with Crippen LogP contribution in [0.25, 0.3) is 0 Å². The van der Waals surface area contributed by atoms with Gasteiger partial charge < -0.3 is 10.6 Å². The van der Waals surface area contributed by atoms with Crippen molar-refractivity contribution in [3.63, 3.8) is 0 Å². The van der Waals surface area contributed by atoms with Crippen LogP contribution in [0, 0.1) is 5.92 Å². The summed E-state index contributed by atoms with van der Waals surface area (Å²) in [5, 5.41) is 0. The van der Waals surface area contributed by atoms with Crippen LogP contribution in [0.3, 0.4) is 0 Å². The maximum absolute atomic E-state index is 12.5. The van der Waals surface area contributed by atoms with Gasteiger partial charge in [-0.15, -0.1) is 0 Å². The molecule has 17 heavy (non-hydrogen) atoms. The van der Waals surface area contributed by atoms with Crippen LogP contribution in [-0.4, -0.2) is 30.4 Å². The Morgan fingerprint density at radius 1 is 1.59 bits per heavy atom. The summed E-state index contributed by atoms with van der Waals surface area (Å²) >= 11 is 0. The normalized spacial score (nSPS) is 19.9. The highest BCUT2D eigenvalue weighted by molar-refractivity contribution is 5.91. The number of aromatic nitrogens is 1. The number of primary amides is 1. The van der Waals surface area contributed by atoms with Gasteiger partial charge in [-0.1, -0.05) is 0 Å². The van der Waals surface area contributed by atoms with E-state index in [1.807, 2.05) is 4.90 Å². The molecule has 2 N–H and O–H groups in total. The predicted molar refractivity (Wildman–Crippen MR) is 59.1 cm³/mol. The van der Waals surface area contributed by atoms with Gasteiger partial charge in [0.25, 0.3) is 5.91 Å². The molecule has 0 bridgehead atoms. The molecule has 6 heteroatoms. The van der Waals surface area contributed by atoms with Gasteiger partial charge in [0.15, 0.2) is 0 Å². The first-order valence-electron chi connectivity index (χ1n) is 5.37. The van der Waals surface area contributed by atoms with Gasteiger partial charge in [-0.05, 0) is 18.6 Å². The van der Waals surface area contributed by atoms with E-state index < -0.39 is 18.3 Å². The fraction of sp³-hybridized carbons (Fsp3) is 0.455. The molecule has 0 radical (unpaired) electrons. The van der Waals surface area contributed by atoms with E-state index in [4.69, 9.17) is 5.73 Å². The van der Waals surface area contributed by atoms with E-state index in [1.165, 1.54) is 12.3 Å². The summed E-state index contributed by atoms with van der Waals surface area (Å²) in [7, 11) is 0. The number of rotatable bonds is 3. The van der Waals surface area contributed by atoms with Gasteiger partial charge in [0.1, 0.15) is 5.69 Å². The second-order valence-corrected chi connectivity index (χ2v) is 4.09. The molecule has 2 rings (SSSR count). The number of amides is 1. The highest BCUT2D eigenvalue weighted by Crippen LogP contribution is 2.27. The third-order valence-electron chi connectivity index (χ3n) is 2.94. The van der Waals surface area contributed by atoms with Crippen molar-refractivity contribution in [2.24, 2.45) is 11.7 Å². The Morgan fingerprint density at radius 2 is 2.35 bits per heavy atom. The van der Waals surface area contributed by atoms with Gasteiger partial charge in [-0.2, -0.15) is 0 Å². The van der Waals surface area contributed by atoms with Crippen LogP contribution >= 0.6 is 0 Å². The quantitative estimate of drug-likeness (QED) is 0.867. The molecule has 1 aromatic heterocycles. The van der Waals surface area contributed by atoms with Crippen molar-refractivity contribution in [2.75, 3.05) is 18.0 Å². The first-order chi connectivity index (χ1) is 8.08. The summed E-state index contributed by atoms with van der Waals surface area (Å²) in [6.45, 7) is 0.872. The average molecular weight is 241 g/mol. The average Bonchev–Trinajstić information content (AvgIpc) is 2.78.